The van der Waals surface area contributed by atoms with Crippen LogP contribution < -0.4 is 5.32 Å². The number of aryl methyl sites for hydroxylation is 1. The van der Waals surface area contributed by atoms with Gasteiger partial charge < -0.3 is 5.32 Å². The van der Waals surface area contributed by atoms with Crippen molar-refractivity contribution in [3.63, 3.8) is 0 Å². The van der Waals surface area contributed by atoms with E-state index >= 15 is 0 Å². The van der Waals surface area contributed by atoms with E-state index in [2.05, 4.69) is 15.5 Å². The van der Waals surface area contributed by atoms with Crippen LogP contribution in [0.3, 0.4) is 0 Å². The molecule has 0 spiro atoms. The number of aromatic amines is 1. The lowest BCUT2D eigenvalue weighted by Gasteiger charge is -2.25. The van der Waals surface area contributed by atoms with Crippen molar-refractivity contribution < 1.29 is 8.42 Å². The van der Waals surface area contributed by atoms with Gasteiger partial charge in [0.15, 0.2) is 5.03 Å². The zero-order chi connectivity index (χ0) is 14.9. The lowest BCUT2D eigenvalue weighted by Crippen LogP contribution is -2.39. The highest BCUT2D eigenvalue weighted by Crippen LogP contribution is 2.33. The van der Waals surface area contributed by atoms with Gasteiger partial charge in [-0.15, -0.1) is 0 Å². The first-order chi connectivity index (χ1) is 9.37. The second-order valence-corrected chi connectivity index (χ2v) is 7.58. The van der Waals surface area contributed by atoms with Crippen LogP contribution in [-0.4, -0.2) is 42.6 Å². The lowest BCUT2D eigenvalue weighted by atomic mass is 10.3. The first-order valence-corrected chi connectivity index (χ1v) is 8.52. The monoisotopic (exact) mass is 300 g/mol. The normalized spacial score (nSPS) is 16.3. The van der Waals surface area contributed by atoms with Gasteiger partial charge in [-0.05, 0) is 46.6 Å². The van der Waals surface area contributed by atoms with Gasteiger partial charge >= 0.3 is 0 Å². The van der Waals surface area contributed by atoms with Gasteiger partial charge in [-0.3, -0.25) is 5.10 Å². The highest BCUT2D eigenvalue weighted by molar-refractivity contribution is 7.89. The number of hydrogen-bond acceptors (Lipinski definition) is 4. The van der Waals surface area contributed by atoms with Crippen molar-refractivity contribution in [3.05, 3.63) is 11.3 Å². The summed E-state index contributed by atoms with van der Waals surface area (Å²) in [6.07, 6.45) is 2.25. The molecule has 0 amide bonds. The molecule has 0 unspecified atom stereocenters. The molecule has 0 aliphatic heterocycles. The zero-order valence-corrected chi connectivity index (χ0v) is 13.4. The van der Waals surface area contributed by atoms with Gasteiger partial charge in [0.2, 0.25) is 0 Å². The number of nitrogens with zero attached hydrogens (tertiary/aromatic N) is 2. The Kier molecular flexibility index (Phi) is 4.51. The summed E-state index contributed by atoms with van der Waals surface area (Å²) >= 11 is 0. The maximum atomic E-state index is 12.9. The standard InChI is InChI=1S/C13H24N4O2S/c1-9(2)17(8-11-5-6-11)20(18,19)13-12(7-14-4)10(3)15-16-13/h9,11,14H,5-8H2,1-4H3,(H,15,16). The summed E-state index contributed by atoms with van der Waals surface area (Å²) in [7, 11) is -1.74. The van der Waals surface area contributed by atoms with E-state index in [-0.39, 0.29) is 11.1 Å². The summed E-state index contributed by atoms with van der Waals surface area (Å²) in [4.78, 5) is 0. The number of sulfonamides is 1. The fraction of sp³-hybridized carbons (Fsp3) is 0.769. The Labute approximate surface area is 121 Å². The molecule has 6 nitrogen and oxygen atoms in total. The molecule has 1 aromatic rings. The molecule has 1 aliphatic carbocycles. The molecular formula is C13H24N4O2S. The van der Waals surface area contributed by atoms with Gasteiger partial charge in [0.1, 0.15) is 0 Å². The molecule has 1 aromatic heterocycles. The molecule has 0 aromatic carbocycles. The number of rotatable bonds is 7. The van der Waals surface area contributed by atoms with E-state index in [4.69, 9.17) is 0 Å². The summed E-state index contributed by atoms with van der Waals surface area (Å²) in [5.41, 5.74) is 1.53. The minimum Gasteiger partial charge on any atom is -0.316 e. The van der Waals surface area contributed by atoms with Crippen LogP contribution in [0.1, 0.15) is 37.9 Å². The predicted molar refractivity (Wildman–Crippen MR) is 77.8 cm³/mol. The Bertz CT molecular complexity index is 561. The molecule has 0 bridgehead atoms. The van der Waals surface area contributed by atoms with Crippen LogP contribution in [0.15, 0.2) is 5.03 Å². The van der Waals surface area contributed by atoms with Crippen molar-refractivity contribution in [2.24, 2.45) is 5.92 Å². The fourth-order valence-corrected chi connectivity index (χ4v) is 4.16. The third-order valence-corrected chi connectivity index (χ3v) is 5.67. The maximum absolute atomic E-state index is 12.9. The fourth-order valence-electron chi connectivity index (χ4n) is 2.28. The molecule has 20 heavy (non-hydrogen) atoms. The van der Waals surface area contributed by atoms with Crippen LogP contribution >= 0.6 is 0 Å². The molecule has 0 atom stereocenters. The van der Waals surface area contributed by atoms with Crippen LogP contribution in [0.2, 0.25) is 0 Å². The summed E-state index contributed by atoms with van der Waals surface area (Å²) in [6, 6.07) is -0.0555. The van der Waals surface area contributed by atoms with Gasteiger partial charge in [-0.2, -0.15) is 9.40 Å². The molecule has 7 heteroatoms. The van der Waals surface area contributed by atoms with Gasteiger partial charge in [-0.25, -0.2) is 8.42 Å². The molecule has 1 saturated carbocycles. The van der Waals surface area contributed by atoms with Crippen LogP contribution in [0, 0.1) is 12.8 Å². The SMILES string of the molecule is CNCc1c(S(=O)(=O)N(CC2CC2)C(C)C)n[nH]c1C. The van der Waals surface area contributed by atoms with E-state index in [0.717, 1.165) is 24.1 Å². The quantitative estimate of drug-likeness (QED) is 0.794. The molecule has 2 rings (SSSR count). The van der Waals surface area contributed by atoms with Gasteiger partial charge in [0, 0.05) is 30.4 Å². The van der Waals surface area contributed by atoms with Gasteiger partial charge in [-0.1, -0.05) is 0 Å². The summed E-state index contributed by atoms with van der Waals surface area (Å²) in [5, 5.41) is 10.0. The molecule has 0 saturated heterocycles. The summed E-state index contributed by atoms with van der Waals surface area (Å²) in [5.74, 6) is 0.514. The van der Waals surface area contributed by atoms with Crippen LogP contribution in [0.25, 0.3) is 0 Å². The molecule has 1 aliphatic rings. The van der Waals surface area contributed by atoms with Gasteiger partial charge in [0.05, 0.1) is 0 Å². The Morgan fingerprint density at radius 1 is 1.45 bits per heavy atom. The zero-order valence-electron chi connectivity index (χ0n) is 12.6. The highest BCUT2D eigenvalue weighted by Gasteiger charge is 2.36. The molecule has 2 N–H and O–H groups in total. The minimum absolute atomic E-state index is 0.0555. The van der Waals surface area contributed by atoms with Crippen LogP contribution in [0.4, 0.5) is 0 Å². The summed E-state index contributed by atoms with van der Waals surface area (Å²) in [6.45, 7) is 6.77. The number of H-pyrrole nitrogens is 1. The molecule has 1 heterocycles. The van der Waals surface area contributed by atoms with E-state index in [1.54, 1.807) is 11.4 Å². The second-order valence-electron chi connectivity index (χ2n) is 5.77. The van der Waals surface area contributed by atoms with Crippen molar-refractivity contribution in [2.45, 2.75) is 51.2 Å². The van der Waals surface area contributed by atoms with E-state index in [0.29, 0.717) is 19.0 Å². The van der Waals surface area contributed by atoms with Crippen molar-refractivity contribution in [2.75, 3.05) is 13.6 Å². The average Bonchev–Trinajstić information content (AvgIpc) is 3.11. The van der Waals surface area contributed by atoms with E-state index in [1.807, 2.05) is 20.8 Å². The Morgan fingerprint density at radius 3 is 2.60 bits per heavy atom. The van der Waals surface area contributed by atoms with Gasteiger partial charge in [0.25, 0.3) is 10.0 Å². The largest absolute Gasteiger partial charge is 0.316 e. The van der Waals surface area contributed by atoms with Crippen molar-refractivity contribution in [1.82, 2.24) is 19.8 Å². The number of aromatic nitrogens is 2. The first kappa shape index (κ1) is 15.5. The first-order valence-electron chi connectivity index (χ1n) is 7.08. The molecular weight excluding hydrogens is 276 g/mol. The highest BCUT2D eigenvalue weighted by atomic mass is 32.2. The topological polar surface area (TPSA) is 78.1 Å². The third kappa shape index (κ3) is 3.05. The maximum Gasteiger partial charge on any atom is 0.262 e. The predicted octanol–water partition coefficient (Wildman–Crippen LogP) is 1.25. The molecule has 1 fully saturated rings. The molecule has 114 valence electrons. The third-order valence-electron chi connectivity index (χ3n) is 3.65. The van der Waals surface area contributed by atoms with Crippen molar-refractivity contribution >= 4 is 10.0 Å². The van der Waals surface area contributed by atoms with Crippen LogP contribution in [-0.2, 0) is 16.6 Å². The van der Waals surface area contributed by atoms with Crippen molar-refractivity contribution in [1.29, 1.82) is 0 Å². The molecule has 0 radical (unpaired) electrons. The minimum atomic E-state index is -3.54. The van der Waals surface area contributed by atoms with Crippen molar-refractivity contribution in [3.8, 4) is 0 Å². The van der Waals surface area contributed by atoms with Crippen LogP contribution in [0.5, 0.6) is 0 Å². The Morgan fingerprint density at radius 2 is 2.10 bits per heavy atom. The lowest BCUT2D eigenvalue weighted by molar-refractivity contribution is 0.340. The number of nitrogens with one attached hydrogen (secondary N) is 2. The van der Waals surface area contributed by atoms with E-state index in [1.165, 1.54) is 0 Å². The average molecular weight is 300 g/mol. The van der Waals surface area contributed by atoms with E-state index < -0.39 is 10.0 Å². The second kappa shape index (κ2) is 5.83. The Hall–Kier alpha value is -0.920. The summed E-state index contributed by atoms with van der Waals surface area (Å²) < 4.78 is 27.3. The van der Waals surface area contributed by atoms with E-state index in [9.17, 15) is 8.42 Å². The smallest absolute Gasteiger partial charge is 0.262 e. The number of hydrogen-bond donors (Lipinski definition) is 2. The Balaban J connectivity index is 2.36.